The van der Waals surface area contributed by atoms with Gasteiger partial charge in [0.15, 0.2) is 10.9 Å². The largest absolute Gasteiger partial charge is 0.496 e. The quantitative estimate of drug-likeness (QED) is 0.876. The van der Waals surface area contributed by atoms with Gasteiger partial charge in [-0.2, -0.15) is 0 Å². The lowest BCUT2D eigenvalue weighted by atomic mass is 10.1. The number of halogens is 1. The van der Waals surface area contributed by atoms with Crippen molar-refractivity contribution >= 4 is 17.7 Å². The van der Waals surface area contributed by atoms with E-state index in [4.69, 9.17) is 21.1 Å². The molecular formula is C15H16ClN3O3. The molecule has 0 atom stereocenters. The summed E-state index contributed by atoms with van der Waals surface area (Å²) in [7, 11) is 1.60. The Morgan fingerprint density at radius 1 is 1.36 bits per heavy atom. The minimum Gasteiger partial charge on any atom is -0.496 e. The molecule has 116 valence electrons. The monoisotopic (exact) mass is 321 g/mol. The summed E-state index contributed by atoms with van der Waals surface area (Å²) in [5.74, 6) is 0.961. The van der Waals surface area contributed by atoms with Crippen LogP contribution in [0.15, 0.2) is 24.5 Å². The second kappa shape index (κ2) is 7.09. The smallest absolute Gasteiger partial charge is 0.413 e. The molecular weight excluding hydrogens is 306 g/mol. The molecule has 0 saturated heterocycles. The number of hydrogen-bond acceptors (Lipinski definition) is 5. The van der Waals surface area contributed by atoms with Crippen LogP contribution in [0.4, 0.5) is 4.79 Å². The maximum atomic E-state index is 11.8. The van der Waals surface area contributed by atoms with Gasteiger partial charge in [0.2, 0.25) is 0 Å². The Kier molecular flexibility index (Phi) is 5.16. The Bertz CT molecular complexity index is 692. The van der Waals surface area contributed by atoms with Crippen molar-refractivity contribution in [1.29, 1.82) is 0 Å². The first-order valence-corrected chi connectivity index (χ1v) is 6.96. The molecule has 7 heteroatoms. The minimum absolute atomic E-state index is 0.129. The van der Waals surface area contributed by atoms with E-state index in [1.165, 1.54) is 6.20 Å². The number of methoxy groups -OCH3 is 1. The summed E-state index contributed by atoms with van der Waals surface area (Å²) in [5.41, 5.74) is 2.52. The van der Waals surface area contributed by atoms with E-state index >= 15 is 0 Å². The molecule has 2 aromatic rings. The normalized spacial score (nSPS) is 10.2. The predicted octanol–water partition coefficient (Wildman–Crippen LogP) is 3.04. The number of pyridine rings is 2. The molecule has 22 heavy (non-hydrogen) atoms. The summed E-state index contributed by atoms with van der Waals surface area (Å²) in [6, 6.07) is 3.19. The van der Waals surface area contributed by atoms with Gasteiger partial charge in [-0.05, 0) is 26.0 Å². The van der Waals surface area contributed by atoms with Crippen LogP contribution < -0.4 is 14.8 Å². The molecule has 2 aromatic heterocycles. The molecule has 0 aliphatic rings. The number of ether oxygens (including phenoxy) is 2. The number of carbonyl (C=O) groups is 1. The van der Waals surface area contributed by atoms with Gasteiger partial charge in [0.05, 0.1) is 19.3 Å². The van der Waals surface area contributed by atoms with Gasteiger partial charge in [0.25, 0.3) is 0 Å². The second-order valence-corrected chi connectivity index (χ2v) is 4.94. The van der Waals surface area contributed by atoms with E-state index in [2.05, 4.69) is 15.3 Å². The minimum atomic E-state index is -0.629. The molecule has 6 nitrogen and oxygen atoms in total. The van der Waals surface area contributed by atoms with E-state index in [0.29, 0.717) is 5.69 Å². The van der Waals surface area contributed by atoms with Crippen LogP contribution in [0, 0.1) is 13.8 Å². The summed E-state index contributed by atoms with van der Waals surface area (Å²) in [5, 5.41) is 2.75. The van der Waals surface area contributed by atoms with Gasteiger partial charge in [-0.25, -0.2) is 9.78 Å². The van der Waals surface area contributed by atoms with Crippen LogP contribution in [0.5, 0.6) is 11.5 Å². The first-order chi connectivity index (χ1) is 10.5. The Morgan fingerprint density at radius 2 is 2.14 bits per heavy atom. The number of aromatic nitrogens is 2. The number of hydrogen-bond donors (Lipinski definition) is 1. The fraction of sp³-hybridized carbons (Fsp3) is 0.267. The summed E-state index contributed by atoms with van der Waals surface area (Å²) in [6.07, 6.45) is 2.58. The zero-order valence-electron chi connectivity index (χ0n) is 12.5. The van der Waals surface area contributed by atoms with E-state index in [1.807, 2.05) is 13.8 Å². The summed E-state index contributed by atoms with van der Waals surface area (Å²) < 4.78 is 10.4. The van der Waals surface area contributed by atoms with Crippen molar-refractivity contribution in [3.8, 4) is 11.5 Å². The summed E-state index contributed by atoms with van der Waals surface area (Å²) in [4.78, 5) is 19.9. The lowest BCUT2D eigenvalue weighted by molar-refractivity contribution is 0.199. The predicted molar refractivity (Wildman–Crippen MR) is 82.4 cm³/mol. The number of nitrogens with one attached hydrogen (secondary N) is 1. The van der Waals surface area contributed by atoms with Crippen LogP contribution in [0.25, 0.3) is 0 Å². The highest BCUT2D eigenvalue weighted by Gasteiger charge is 2.12. The van der Waals surface area contributed by atoms with E-state index in [1.54, 1.807) is 25.4 Å². The third-order valence-electron chi connectivity index (χ3n) is 3.08. The van der Waals surface area contributed by atoms with Crippen molar-refractivity contribution in [3.05, 3.63) is 46.5 Å². The van der Waals surface area contributed by atoms with Gasteiger partial charge in [-0.3, -0.25) is 4.98 Å². The maximum Gasteiger partial charge on any atom is 0.413 e. The number of aryl methyl sites for hydroxylation is 1. The highest BCUT2D eigenvalue weighted by atomic mass is 35.5. The lowest BCUT2D eigenvalue weighted by Crippen LogP contribution is -2.27. The van der Waals surface area contributed by atoms with Crippen LogP contribution in [-0.2, 0) is 6.54 Å². The number of nitrogens with zero attached hydrogens (tertiary/aromatic N) is 2. The zero-order chi connectivity index (χ0) is 16.1. The average molecular weight is 322 g/mol. The number of amides is 1. The zero-order valence-corrected chi connectivity index (χ0v) is 13.3. The van der Waals surface area contributed by atoms with Crippen molar-refractivity contribution < 1.29 is 14.3 Å². The first kappa shape index (κ1) is 16.0. The van der Waals surface area contributed by atoms with Crippen molar-refractivity contribution in [2.45, 2.75) is 20.4 Å². The standard InChI is InChI=1S/C15H16ClN3O3/c1-9-7-18-11(10(2)13(9)21-3)8-19-15(20)22-12-5-4-6-17-14(12)16/h4-7H,8H2,1-3H3,(H,19,20). The van der Waals surface area contributed by atoms with Gasteiger partial charge in [-0.1, -0.05) is 11.6 Å². The molecule has 0 bridgehead atoms. The van der Waals surface area contributed by atoms with Gasteiger partial charge in [0.1, 0.15) is 5.75 Å². The molecule has 0 saturated carbocycles. The Labute approximate surface area is 133 Å². The van der Waals surface area contributed by atoms with Crippen LogP contribution >= 0.6 is 11.6 Å². The molecule has 0 aliphatic carbocycles. The molecule has 0 fully saturated rings. The highest BCUT2D eigenvalue weighted by Crippen LogP contribution is 2.24. The summed E-state index contributed by atoms with van der Waals surface area (Å²) >= 11 is 5.82. The molecule has 1 N–H and O–H groups in total. The molecule has 2 rings (SSSR count). The second-order valence-electron chi connectivity index (χ2n) is 4.58. The molecule has 0 radical (unpaired) electrons. The third-order valence-corrected chi connectivity index (χ3v) is 3.36. The maximum absolute atomic E-state index is 11.8. The lowest BCUT2D eigenvalue weighted by Gasteiger charge is -2.13. The molecule has 1 amide bonds. The fourth-order valence-corrected chi connectivity index (χ4v) is 2.15. The van der Waals surface area contributed by atoms with Crippen molar-refractivity contribution in [2.75, 3.05) is 7.11 Å². The van der Waals surface area contributed by atoms with E-state index < -0.39 is 6.09 Å². The molecule has 2 heterocycles. The molecule has 0 aromatic carbocycles. The summed E-state index contributed by atoms with van der Waals surface area (Å²) in [6.45, 7) is 4.02. The third kappa shape index (κ3) is 3.65. The number of rotatable bonds is 4. The highest BCUT2D eigenvalue weighted by molar-refractivity contribution is 6.30. The first-order valence-electron chi connectivity index (χ1n) is 6.58. The number of carbonyl (C=O) groups excluding carboxylic acids is 1. The Morgan fingerprint density at radius 3 is 2.82 bits per heavy atom. The molecule has 0 spiro atoms. The van der Waals surface area contributed by atoms with Gasteiger partial charge < -0.3 is 14.8 Å². The van der Waals surface area contributed by atoms with Gasteiger partial charge in [-0.15, -0.1) is 0 Å². The van der Waals surface area contributed by atoms with Crippen molar-refractivity contribution in [3.63, 3.8) is 0 Å². The average Bonchev–Trinajstić information content (AvgIpc) is 2.49. The topological polar surface area (TPSA) is 73.3 Å². The fourth-order valence-electron chi connectivity index (χ4n) is 1.99. The van der Waals surface area contributed by atoms with Crippen LogP contribution in [-0.4, -0.2) is 23.2 Å². The van der Waals surface area contributed by atoms with Crippen LogP contribution in [0.1, 0.15) is 16.8 Å². The van der Waals surface area contributed by atoms with Crippen molar-refractivity contribution in [2.24, 2.45) is 0 Å². The van der Waals surface area contributed by atoms with E-state index in [0.717, 1.165) is 16.9 Å². The molecule has 0 aliphatic heterocycles. The van der Waals surface area contributed by atoms with Crippen molar-refractivity contribution in [1.82, 2.24) is 15.3 Å². The van der Waals surface area contributed by atoms with Gasteiger partial charge in [0, 0.05) is 23.5 Å². The molecule has 0 unspecified atom stereocenters. The Balaban J connectivity index is 2.01. The van der Waals surface area contributed by atoms with Crippen LogP contribution in [0.2, 0.25) is 5.15 Å². The Hall–Kier alpha value is -2.34. The van der Waals surface area contributed by atoms with E-state index in [9.17, 15) is 4.79 Å². The van der Waals surface area contributed by atoms with Gasteiger partial charge >= 0.3 is 6.09 Å². The van der Waals surface area contributed by atoms with E-state index in [-0.39, 0.29) is 17.4 Å². The van der Waals surface area contributed by atoms with Crippen LogP contribution in [0.3, 0.4) is 0 Å². The SMILES string of the molecule is COc1c(C)cnc(CNC(=O)Oc2cccnc2Cl)c1C.